The number of benzene rings is 2. The van der Waals surface area contributed by atoms with Gasteiger partial charge in [-0.2, -0.15) is 0 Å². The summed E-state index contributed by atoms with van der Waals surface area (Å²) in [4.78, 5) is 27.3. The molecule has 0 saturated heterocycles. The van der Waals surface area contributed by atoms with Gasteiger partial charge in [-0.1, -0.05) is 42.0 Å². The molecule has 0 aliphatic carbocycles. The van der Waals surface area contributed by atoms with Gasteiger partial charge in [0.05, 0.1) is 12.9 Å². The molecule has 162 valence electrons. The van der Waals surface area contributed by atoms with Crippen molar-refractivity contribution in [3.63, 3.8) is 0 Å². The summed E-state index contributed by atoms with van der Waals surface area (Å²) in [6.45, 7) is 8.02. The Hall–Kier alpha value is -2.47. The number of aryl methyl sites for hydroxylation is 1. The zero-order valence-electron chi connectivity index (χ0n) is 18.5. The summed E-state index contributed by atoms with van der Waals surface area (Å²) in [6, 6.07) is 15.4. The van der Waals surface area contributed by atoms with Crippen LogP contribution in [0.3, 0.4) is 0 Å². The van der Waals surface area contributed by atoms with Gasteiger partial charge in [0, 0.05) is 18.3 Å². The Kier molecular flexibility index (Phi) is 9.24. The summed E-state index contributed by atoms with van der Waals surface area (Å²) < 4.78 is 5.29. The first-order valence-electron chi connectivity index (χ1n) is 10.2. The lowest BCUT2D eigenvalue weighted by Crippen LogP contribution is -2.49. The molecular formula is C24H32N2O3S. The average molecular weight is 429 g/mol. The molecule has 1 N–H and O–H groups in total. The largest absolute Gasteiger partial charge is 0.497 e. The van der Waals surface area contributed by atoms with E-state index < -0.39 is 6.04 Å². The highest BCUT2D eigenvalue weighted by Crippen LogP contribution is 2.19. The number of rotatable bonds is 10. The van der Waals surface area contributed by atoms with E-state index in [0.29, 0.717) is 12.3 Å². The van der Waals surface area contributed by atoms with Crippen LogP contribution < -0.4 is 10.1 Å². The third kappa shape index (κ3) is 7.41. The van der Waals surface area contributed by atoms with E-state index in [9.17, 15) is 9.59 Å². The van der Waals surface area contributed by atoms with Crippen molar-refractivity contribution in [2.75, 3.05) is 12.9 Å². The Morgan fingerprint density at radius 2 is 1.77 bits per heavy atom. The molecule has 2 aromatic carbocycles. The maximum absolute atomic E-state index is 13.1. The number of methoxy groups -OCH3 is 1. The van der Waals surface area contributed by atoms with E-state index in [2.05, 4.69) is 36.5 Å². The fourth-order valence-corrected chi connectivity index (χ4v) is 3.85. The monoisotopic (exact) mass is 428 g/mol. The molecule has 2 rings (SSSR count). The third-order valence-corrected chi connectivity index (χ3v) is 5.69. The van der Waals surface area contributed by atoms with Gasteiger partial charge in [0.25, 0.3) is 0 Å². The minimum absolute atomic E-state index is 0.0182. The van der Waals surface area contributed by atoms with Gasteiger partial charge in [0.15, 0.2) is 0 Å². The van der Waals surface area contributed by atoms with E-state index >= 15 is 0 Å². The molecule has 2 aromatic rings. The zero-order valence-corrected chi connectivity index (χ0v) is 19.3. The van der Waals surface area contributed by atoms with Crippen molar-refractivity contribution in [3.05, 3.63) is 65.2 Å². The summed E-state index contributed by atoms with van der Waals surface area (Å²) in [7, 11) is 1.61. The SMILES string of the molecule is COc1cccc(CN(C(=O)CSCc2ccc(C)cc2)[C@H](C)C(=O)NC(C)C)c1. The Balaban J connectivity index is 2.08. The smallest absolute Gasteiger partial charge is 0.242 e. The predicted octanol–water partition coefficient (Wildman–Crippen LogP) is 4.18. The molecule has 0 aromatic heterocycles. The van der Waals surface area contributed by atoms with E-state index in [1.807, 2.05) is 38.1 Å². The van der Waals surface area contributed by atoms with Crippen LogP contribution >= 0.6 is 11.8 Å². The van der Waals surface area contributed by atoms with Crippen LogP contribution in [-0.2, 0) is 21.9 Å². The second kappa shape index (κ2) is 11.6. The molecule has 0 aliphatic rings. The number of nitrogens with zero attached hydrogens (tertiary/aromatic N) is 1. The number of hydrogen-bond acceptors (Lipinski definition) is 4. The zero-order chi connectivity index (χ0) is 22.1. The van der Waals surface area contributed by atoms with E-state index in [0.717, 1.165) is 17.1 Å². The van der Waals surface area contributed by atoms with Crippen molar-refractivity contribution in [2.45, 2.75) is 52.1 Å². The Morgan fingerprint density at radius 3 is 2.40 bits per heavy atom. The van der Waals surface area contributed by atoms with Crippen LogP contribution in [-0.4, -0.2) is 41.7 Å². The first-order chi connectivity index (χ1) is 14.3. The summed E-state index contributed by atoms with van der Waals surface area (Å²) in [5.41, 5.74) is 3.33. The van der Waals surface area contributed by atoms with Crippen LogP contribution in [0.25, 0.3) is 0 Å². The molecule has 2 amide bonds. The topological polar surface area (TPSA) is 58.6 Å². The highest BCUT2D eigenvalue weighted by molar-refractivity contribution is 7.99. The van der Waals surface area contributed by atoms with Crippen molar-refractivity contribution in [1.29, 1.82) is 0 Å². The standard InChI is InChI=1S/C24H32N2O3S/c1-17(2)25-24(28)19(4)26(14-21-7-6-8-22(13-21)29-5)23(27)16-30-15-20-11-9-18(3)10-12-20/h6-13,17,19H,14-16H2,1-5H3,(H,25,28)/t19-/m1/s1. The Labute approximate surface area is 184 Å². The second-order valence-corrected chi connectivity index (χ2v) is 8.68. The summed E-state index contributed by atoms with van der Waals surface area (Å²) >= 11 is 1.56. The van der Waals surface area contributed by atoms with Gasteiger partial charge >= 0.3 is 0 Å². The minimum Gasteiger partial charge on any atom is -0.497 e. The number of thioether (sulfide) groups is 1. The molecule has 0 saturated carbocycles. The summed E-state index contributed by atoms with van der Waals surface area (Å²) in [6.07, 6.45) is 0. The van der Waals surface area contributed by atoms with Crippen molar-refractivity contribution in [2.24, 2.45) is 0 Å². The van der Waals surface area contributed by atoms with Gasteiger partial charge in [-0.05, 0) is 51.0 Å². The first kappa shape index (κ1) is 23.8. The average Bonchev–Trinajstić information content (AvgIpc) is 2.72. The molecule has 5 nitrogen and oxygen atoms in total. The molecule has 0 heterocycles. The molecule has 0 aliphatic heterocycles. The highest BCUT2D eigenvalue weighted by atomic mass is 32.2. The van der Waals surface area contributed by atoms with Gasteiger partial charge in [-0.3, -0.25) is 9.59 Å². The van der Waals surface area contributed by atoms with Crippen molar-refractivity contribution in [1.82, 2.24) is 10.2 Å². The maximum atomic E-state index is 13.1. The molecule has 30 heavy (non-hydrogen) atoms. The lowest BCUT2D eigenvalue weighted by molar-refractivity contribution is -0.138. The molecule has 0 bridgehead atoms. The van der Waals surface area contributed by atoms with Crippen LogP contribution in [0.2, 0.25) is 0 Å². The van der Waals surface area contributed by atoms with Crippen LogP contribution in [0.5, 0.6) is 5.75 Å². The second-order valence-electron chi connectivity index (χ2n) is 7.69. The fourth-order valence-electron chi connectivity index (χ4n) is 2.98. The molecule has 6 heteroatoms. The van der Waals surface area contributed by atoms with Crippen LogP contribution in [0.1, 0.15) is 37.5 Å². The van der Waals surface area contributed by atoms with Gasteiger partial charge in [-0.25, -0.2) is 0 Å². The quantitative estimate of drug-likeness (QED) is 0.617. The number of ether oxygens (including phenoxy) is 1. The molecule has 0 radical (unpaired) electrons. The van der Waals surface area contributed by atoms with E-state index in [1.54, 1.807) is 30.7 Å². The van der Waals surface area contributed by atoms with Gasteiger partial charge in [0.2, 0.25) is 11.8 Å². The Morgan fingerprint density at radius 1 is 1.07 bits per heavy atom. The maximum Gasteiger partial charge on any atom is 0.242 e. The number of hydrogen-bond donors (Lipinski definition) is 1. The van der Waals surface area contributed by atoms with Gasteiger partial charge < -0.3 is 15.0 Å². The van der Waals surface area contributed by atoms with Crippen molar-refractivity contribution in [3.8, 4) is 5.75 Å². The third-order valence-electron chi connectivity index (χ3n) is 4.70. The predicted molar refractivity (Wildman–Crippen MR) is 124 cm³/mol. The Bertz CT molecular complexity index is 837. The summed E-state index contributed by atoms with van der Waals surface area (Å²) in [5, 5.41) is 2.91. The van der Waals surface area contributed by atoms with Crippen molar-refractivity contribution < 1.29 is 14.3 Å². The number of amides is 2. The first-order valence-corrected chi connectivity index (χ1v) is 11.3. The lowest BCUT2D eigenvalue weighted by atomic mass is 10.1. The van der Waals surface area contributed by atoms with Crippen LogP contribution in [0.15, 0.2) is 48.5 Å². The number of nitrogens with one attached hydrogen (secondary N) is 1. The van der Waals surface area contributed by atoms with Gasteiger partial charge in [-0.15, -0.1) is 11.8 Å². The van der Waals surface area contributed by atoms with Gasteiger partial charge in [0.1, 0.15) is 11.8 Å². The lowest BCUT2D eigenvalue weighted by Gasteiger charge is -2.29. The van der Waals surface area contributed by atoms with Crippen molar-refractivity contribution >= 4 is 23.6 Å². The molecule has 0 fully saturated rings. The molecule has 0 spiro atoms. The number of carbonyl (C=O) groups is 2. The fraction of sp³-hybridized carbons (Fsp3) is 0.417. The van der Waals surface area contributed by atoms with E-state index in [-0.39, 0.29) is 17.9 Å². The highest BCUT2D eigenvalue weighted by Gasteiger charge is 2.26. The van der Waals surface area contributed by atoms with E-state index in [1.165, 1.54) is 11.1 Å². The minimum atomic E-state index is -0.564. The number of carbonyl (C=O) groups excluding carboxylic acids is 2. The van der Waals surface area contributed by atoms with Crippen LogP contribution in [0.4, 0.5) is 0 Å². The summed E-state index contributed by atoms with van der Waals surface area (Å²) in [5.74, 6) is 1.60. The molecule has 0 unspecified atom stereocenters. The molecular weight excluding hydrogens is 396 g/mol. The normalized spacial score (nSPS) is 11.8. The van der Waals surface area contributed by atoms with Crippen LogP contribution in [0, 0.1) is 6.92 Å². The molecule has 1 atom stereocenters. The van der Waals surface area contributed by atoms with E-state index in [4.69, 9.17) is 4.74 Å².